The van der Waals surface area contributed by atoms with Crippen LogP contribution < -0.4 is 0 Å². The monoisotopic (exact) mass is 177 g/mol. The third-order valence-electron chi connectivity index (χ3n) is 1.22. The summed E-state index contributed by atoms with van der Waals surface area (Å²) in [5.74, 6) is 0.905. The topological polar surface area (TPSA) is 19.9 Å². The number of thioether (sulfide) groups is 1. The maximum atomic E-state index is 10.3. The highest BCUT2D eigenvalue weighted by atomic mass is 32.2. The lowest BCUT2D eigenvalue weighted by atomic mass is 10.2. The molecule has 0 spiro atoms. The van der Waals surface area contributed by atoms with Gasteiger partial charge in [-0.05, 0) is 18.6 Å². The Morgan fingerprint density at radius 3 is 2.60 bits per heavy atom. The summed E-state index contributed by atoms with van der Waals surface area (Å²) in [5.41, 5.74) is 0. The number of unbranched alkanes of at least 4 members (excludes halogenated alkanes) is 3. The van der Waals surface area contributed by atoms with E-state index >= 15 is 0 Å². The van der Waals surface area contributed by atoms with E-state index in [1.807, 2.05) is 0 Å². The highest BCUT2D eigenvalue weighted by molar-refractivity contribution is 8.22. The first kappa shape index (κ1) is 10.2. The molecular formula is C7H13OS2. The maximum Gasteiger partial charge on any atom is 0.276 e. The predicted octanol–water partition coefficient (Wildman–Crippen LogP) is 3.02. The van der Waals surface area contributed by atoms with Crippen molar-refractivity contribution in [2.75, 3.05) is 5.75 Å². The van der Waals surface area contributed by atoms with Gasteiger partial charge in [0.1, 0.15) is 0 Å². The van der Waals surface area contributed by atoms with E-state index in [9.17, 15) is 5.11 Å². The fourth-order valence-corrected chi connectivity index (χ4v) is 1.45. The molecule has 0 atom stereocenters. The molecule has 0 aliphatic rings. The minimum atomic E-state index is -0.170. The highest BCUT2D eigenvalue weighted by Gasteiger charge is 1.94. The van der Waals surface area contributed by atoms with Crippen molar-refractivity contribution in [2.24, 2.45) is 0 Å². The molecule has 1 nitrogen and oxygen atoms in total. The predicted molar refractivity (Wildman–Crippen MR) is 49.9 cm³/mol. The van der Waals surface area contributed by atoms with E-state index in [1.54, 1.807) is 0 Å². The molecule has 0 heterocycles. The molecule has 59 valence electrons. The smallest absolute Gasteiger partial charge is 0.269 e. The minimum absolute atomic E-state index is 0.170. The summed E-state index contributed by atoms with van der Waals surface area (Å²) < 4.78 is -0.170. The van der Waals surface area contributed by atoms with Crippen LogP contribution in [0.1, 0.15) is 32.6 Å². The molecule has 1 radical (unpaired) electrons. The van der Waals surface area contributed by atoms with Gasteiger partial charge in [-0.2, -0.15) is 0 Å². The first-order valence-corrected chi connectivity index (χ1v) is 5.00. The number of rotatable bonds is 5. The lowest BCUT2D eigenvalue weighted by Gasteiger charge is -1.95. The fraction of sp³-hybridized carbons (Fsp3) is 0.857. The van der Waals surface area contributed by atoms with E-state index in [0.717, 1.165) is 12.2 Å². The van der Waals surface area contributed by atoms with Crippen molar-refractivity contribution in [1.82, 2.24) is 0 Å². The van der Waals surface area contributed by atoms with Crippen LogP contribution in [0, 0.1) is 0 Å². The molecule has 3 heteroatoms. The van der Waals surface area contributed by atoms with Gasteiger partial charge in [0.2, 0.25) is 0 Å². The van der Waals surface area contributed by atoms with Gasteiger partial charge in [-0.1, -0.05) is 37.9 Å². The molecule has 0 aromatic heterocycles. The molecule has 0 aromatic rings. The third-order valence-corrected chi connectivity index (χ3v) is 2.30. The van der Waals surface area contributed by atoms with E-state index < -0.39 is 0 Å². The van der Waals surface area contributed by atoms with Crippen LogP contribution in [0.15, 0.2) is 0 Å². The van der Waals surface area contributed by atoms with Crippen molar-refractivity contribution < 1.29 is 5.11 Å². The Morgan fingerprint density at radius 2 is 2.10 bits per heavy atom. The van der Waals surface area contributed by atoms with Crippen molar-refractivity contribution in [3.63, 3.8) is 0 Å². The molecular weight excluding hydrogens is 164 g/mol. The Morgan fingerprint density at radius 1 is 1.40 bits per heavy atom. The Hall–Kier alpha value is 0.240. The normalized spacial score (nSPS) is 9.70. The second-order valence-corrected chi connectivity index (χ2v) is 3.86. The first-order chi connectivity index (χ1) is 4.77. The SMILES string of the molecule is CCCCCCSC([O])=S. The number of thiocarbonyl (C=S) groups is 1. The summed E-state index contributed by atoms with van der Waals surface area (Å²) >= 11 is 5.64. The zero-order chi connectivity index (χ0) is 7.82. The van der Waals surface area contributed by atoms with E-state index in [4.69, 9.17) is 0 Å². The standard InChI is InChI=1S/C7H13OS2/c1-2-3-4-5-6-10-7(8)9/h2-6H2,1H3. The highest BCUT2D eigenvalue weighted by Crippen LogP contribution is 2.08. The summed E-state index contributed by atoms with van der Waals surface area (Å²) in [6.45, 7) is 2.17. The van der Waals surface area contributed by atoms with Gasteiger partial charge in [-0.25, -0.2) is 0 Å². The minimum Gasteiger partial charge on any atom is -0.269 e. The molecule has 0 fully saturated rings. The van der Waals surface area contributed by atoms with Crippen LogP contribution in [0.25, 0.3) is 0 Å². The van der Waals surface area contributed by atoms with Gasteiger partial charge in [0.25, 0.3) is 4.38 Å². The molecule has 0 bridgehead atoms. The third kappa shape index (κ3) is 8.24. The van der Waals surface area contributed by atoms with Crippen LogP contribution in [0.4, 0.5) is 0 Å². The van der Waals surface area contributed by atoms with Crippen LogP contribution >= 0.6 is 24.0 Å². The lowest BCUT2D eigenvalue weighted by molar-refractivity contribution is 0.455. The summed E-state index contributed by atoms with van der Waals surface area (Å²) in [5, 5.41) is 10.3. The van der Waals surface area contributed by atoms with Gasteiger partial charge >= 0.3 is 0 Å². The van der Waals surface area contributed by atoms with E-state index in [1.165, 1.54) is 31.0 Å². The lowest BCUT2D eigenvalue weighted by Crippen LogP contribution is -1.85. The summed E-state index contributed by atoms with van der Waals surface area (Å²) in [6, 6.07) is 0. The summed E-state index contributed by atoms with van der Waals surface area (Å²) in [4.78, 5) is 0. The molecule has 0 amide bonds. The Kier molecular flexibility index (Phi) is 7.52. The number of hydrogen-bond donors (Lipinski definition) is 0. The second kappa shape index (κ2) is 7.35. The Labute approximate surface area is 72.2 Å². The molecule has 0 saturated carbocycles. The van der Waals surface area contributed by atoms with Crippen LogP contribution in [-0.4, -0.2) is 10.1 Å². The molecule has 0 aliphatic heterocycles. The molecule has 0 N–H and O–H groups in total. The van der Waals surface area contributed by atoms with Gasteiger partial charge in [-0.3, -0.25) is 5.11 Å². The van der Waals surface area contributed by atoms with Crippen molar-refractivity contribution in [2.45, 2.75) is 32.6 Å². The van der Waals surface area contributed by atoms with Gasteiger partial charge in [-0.15, -0.1) is 0 Å². The largest absolute Gasteiger partial charge is 0.276 e. The molecule has 0 aromatic carbocycles. The first-order valence-electron chi connectivity index (χ1n) is 3.61. The number of hydrogen-bond acceptors (Lipinski definition) is 2. The quantitative estimate of drug-likeness (QED) is 0.475. The van der Waals surface area contributed by atoms with Crippen LogP contribution in [0.3, 0.4) is 0 Å². The van der Waals surface area contributed by atoms with Crippen LogP contribution in [-0.2, 0) is 5.11 Å². The van der Waals surface area contributed by atoms with E-state index in [2.05, 4.69) is 19.1 Å². The van der Waals surface area contributed by atoms with Crippen molar-refractivity contribution in [3.8, 4) is 0 Å². The van der Waals surface area contributed by atoms with Gasteiger partial charge < -0.3 is 0 Å². The van der Waals surface area contributed by atoms with Crippen molar-refractivity contribution in [1.29, 1.82) is 0 Å². The second-order valence-electron chi connectivity index (χ2n) is 2.16. The molecule has 0 saturated heterocycles. The summed E-state index contributed by atoms with van der Waals surface area (Å²) in [7, 11) is 0. The fourth-order valence-electron chi connectivity index (χ4n) is 0.684. The van der Waals surface area contributed by atoms with Crippen molar-refractivity contribution in [3.05, 3.63) is 0 Å². The zero-order valence-electron chi connectivity index (χ0n) is 6.26. The van der Waals surface area contributed by atoms with Crippen LogP contribution in [0.2, 0.25) is 0 Å². The average Bonchev–Trinajstić information content (AvgIpc) is 1.87. The maximum absolute atomic E-state index is 10.3. The van der Waals surface area contributed by atoms with E-state index in [0.29, 0.717) is 0 Å². The van der Waals surface area contributed by atoms with Gasteiger partial charge in [0.15, 0.2) is 0 Å². The molecule has 0 aliphatic carbocycles. The molecule has 10 heavy (non-hydrogen) atoms. The van der Waals surface area contributed by atoms with E-state index in [-0.39, 0.29) is 4.38 Å². The molecule has 0 rings (SSSR count). The van der Waals surface area contributed by atoms with Gasteiger partial charge in [0, 0.05) is 5.75 Å². The Balaban J connectivity index is 2.84. The van der Waals surface area contributed by atoms with Crippen molar-refractivity contribution >= 4 is 28.4 Å². The van der Waals surface area contributed by atoms with Crippen LogP contribution in [0.5, 0.6) is 0 Å². The molecule has 0 unspecified atom stereocenters. The summed E-state index contributed by atoms with van der Waals surface area (Å²) in [6.07, 6.45) is 4.87. The Bertz CT molecular complexity index is 93.6. The van der Waals surface area contributed by atoms with Gasteiger partial charge in [0.05, 0.1) is 0 Å². The zero-order valence-corrected chi connectivity index (χ0v) is 7.89. The average molecular weight is 177 g/mol.